The molecule has 0 bridgehead atoms. The minimum absolute atomic E-state index is 0.103. The predicted molar refractivity (Wildman–Crippen MR) is 61.8 cm³/mol. The molecule has 16 heavy (non-hydrogen) atoms. The number of hydrogen-bond acceptors (Lipinski definition) is 2. The molecular formula is C13H19NO2. The molecule has 0 N–H and O–H groups in total. The van der Waals surface area contributed by atoms with E-state index in [1.54, 1.807) is 6.92 Å². The third-order valence-corrected chi connectivity index (χ3v) is 3.66. The Balaban J connectivity index is 1.84. The Morgan fingerprint density at radius 2 is 1.69 bits per heavy atom. The number of ketones is 1. The molecule has 2 rings (SSSR count). The lowest BCUT2D eigenvalue weighted by molar-refractivity contribution is -0.132. The van der Waals surface area contributed by atoms with Gasteiger partial charge >= 0.3 is 0 Å². The Labute approximate surface area is 96.5 Å². The first-order chi connectivity index (χ1) is 7.66. The van der Waals surface area contributed by atoms with E-state index in [2.05, 4.69) is 12.2 Å². The third kappa shape index (κ3) is 2.52. The molecular weight excluding hydrogens is 202 g/mol. The molecule has 0 spiro atoms. The van der Waals surface area contributed by atoms with Gasteiger partial charge in [0.25, 0.3) is 0 Å². The normalized spacial score (nSPS) is 27.9. The van der Waals surface area contributed by atoms with Crippen LogP contribution in [0.3, 0.4) is 0 Å². The zero-order valence-corrected chi connectivity index (χ0v) is 9.82. The van der Waals surface area contributed by atoms with Gasteiger partial charge in [-0.3, -0.25) is 4.79 Å². The number of carbonyl (C=O) groups excluding carboxylic acids is 2. The van der Waals surface area contributed by atoms with E-state index in [9.17, 15) is 9.59 Å². The van der Waals surface area contributed by atoms with Crippen molar-refractivity contribution >= 4 is 11.7 Å². The van der Waals surface area contributed by atoms with Gasteiger partial charge in [0, 0.05) is 25.9 Å². The molecule has 1 heterocycles. The molecule has 2 aliphatic rings. The summed E-state index contributed by atoms with van der Waals surface area (Å²) in [6.07, 6.45) is 7.46. The quantitative estimate of drug-likeness (QED) is 0.681. The molecule has 0 radical (unpaired) electrons. The number of fused-ring (bicyclic) bond motifs is 1. The topological polar surface area (TPSA) is 37.4 Å². The second kappa shape index (κ2) is 4.81. The fourth-order valence-corrected chi connectivity index (χ4v) is 2.66. The molecule has 2 atom stereocenters. The van der Waals surface area contributed by atoms with E-state index in [4.69, 9.17) is 0 Å². The average Bonchev–Trinajstić information content (AvgIpc) is 2.69. The zero-order valence-electron chi connectivity index (χ0n) is 9.82. The van der Waals surface area contributed by atoms with Crippen LogP contribution in [-0.4, -0.2) is 29.7 Å². The van der Waals surface area contributed by atoms with E-state index in [1.807, 2.05) is 4.90 Å². The predicted octanol–water partition coefficient (Wildman–Crippen LogP) is 1.78. The van der Waals surface area contributed by atoms with Crippen molar-refractivity contribution in [3.8, 4) is 0 Å². The van der Waals surface area contributed by atoms with E-state index in [-0.39, 0.29) is 11.7 Å². The molecule has 0 saturated carbocycles. The van der Waals surface area contributed by atoms with Crippen LogP contribution in [0.1, 0.15) is 32.6 Å². The van der Waals surface area contributed by atoms with Crippen LogP contribution in [0.4, 0.5) is 0 Å². The molecule has 1 saturated heterocycles. The van der Waals surface area contributed by atoms with Crippen molar-refractivity contribution in [3.63, 3.8) is 0 Å². The number of hydrogen-bond donors (Lipinski definition) is 0. The minimum atomic E-state index is 0.103. The number of likely N-dealkylation sites (tertiary alicyclic amines) is 1. The van der Waals surface area contributed by atoms with Crippen molar-refractivity contribution in [1.29, 1.82) is 0 Å². The number of nitrogens with zero attached hydrogens (tertiary/aromatic N) is 1. The molecule has 1 amide bonds. The standard InChI is InChI=1S/C13H19NO2/c1-10(15)6-7-13(16)14-8-11-4-2-3-5-12(11)9-14/h2-3,11-12H,4-9H2,1H3. The molecule has 0 aromatic heterocycles. The Kier molecular flexibility index (Phi) is 3.42. The Bertz CT molecular complexity index is 306. The number of allylic oxidation sites excluding steroid dienone is 2. The van der Waals surface area contributed by atoms with Gasteiger partial charge in [0.1, 0.15) is 5.78 Å². The van der Waals surface area contributed by atoms with E-state index in [0.717, 1.165) is 25.9 Å². The SMILES string of the molecule is CC(=O)CCC(=O)N1CC2CC=CCC2C1. The summed E-state index contributed by atoms with van der Waals surface area (Å²) in [5.74, 6) is 1.58. The van der Waals surface area contributed by atoms with E-state index >= 15 is 0 Å². The van der Waals surface area contributed by atoms with Crippen molar-refractivity contribution in [1.82, 2.24) is 4.90 Å². The van der Waals surface area contributed by atoms with Crippen LogP contribution in [0.5, 0.6) is 0 Å². The maximum Gasteiger partial charge on any atom is 0.223 e. The Hall–Kier alpha value is -1.12. The van der Waals surface area contributed by atoms with Gasteiger partial charge in [0.15, 0.2) is 0 Å². The molecule has 0 aromatic rings. The Morgan fingerprint density at radius 3 is 2.19 bits per heavy atom. The second-order valence-electron chi connectivity index (χ2n) is 4.96. The number of Topliss-reactive ketones (excluding diaryl/α,β-unsaturated/α-hetero) is 1. The zero-order chi connectivity index (χ0) is 11.5. The van der Waals surface area contributed by atoms with Gasteiger partial charge in [-0.15, -0.1) is 0 Å². The number of rotatable bonds is 3. The molecule has 0 aromatic carbocycles. The highest BCUT2D eigenvalue weighted by Crippen LogP contribution is 2.32. The Morgan fingerprint density at radius 1 is 1.12 bits per heavy atom. The van der Waals surface area contributed by atoms with Crippen LogP contribution in [0.2, 0.25) is 0 Å². The second-order valence-corrected chi connectivity index (χ2v) is 4.96. The summed E-state index contributed by atoms with van der Waals surface area (Å²) in [5, 5.41) is 0. The van der Waals surface area contributed by atoms with Crippen molar-refractivity contribution in [2.45, 2.75) is 32.6 Å². The molecule has 1 aliphatic heterocycles. The van der Waals surface area contributed by atoms with Crippen molar-refractivity contribution in [3.05, 3.63) is 12.2 Å². The average molecular weight is 221 g/mol. The van der Waals surface area contributed by atoms with Crippen LogP contribution in [-0.2, 0) is 9.59 Å². The first-order valence-corrected chi connectivity index (χ1v) is 6.09. The summed E-state index contributed by atoms with van der Waals surface area (Å²) >= 11 is 0. The molecule has 2 unspecified atom stereocenters. The number of amides is 1. The van der Waals surface area contributed by atoms with Crippen LogP contribution in [0.15, 0.2) is 12.2 Å². The van der Waals surface area contributed by atoms with Gasteiger partial charge in [-0.2, -0.15) is 0 Å². The van der Waals surface area contributed by atoms with Crippen LogP contribution >= 0.6 is 0 Å². The van der Waals surface area contributed by atoms with Gasteiger partial charge in [-0.25, -0.2) is 0 Å². The highest BCUT2D eigenvalue weighted by atomic mass is 16.2. The van der Waals surface area contributed by atoms with Gasteiger partial charge in [0.2, 0.25) is 5.91 Å². The lowest BCUT2D eigenvalue weighted by Crippen LogP contribution is -2.29. The molecule has 1 aliphatic carbocycles. The van der Waals surface area contributed by atoms with Gasteiger partial charge in [-0.1, -0.05) is 12.2 Å². The third-order valence-electron chi connectivity index (χ3n) is 3.66. The molecule has 3 nitrogen and oxygen atoms in total. The molecule has 88 valence electrons. The lowest BCUT2D eigenvalue weighted by Gasteiger charge is -2.17. The van der Waals surface area contributed by atoms with E-state index in [0.29, 0.717) is 24.7 Å². The molecule has 1 fully saturated rings. The lowest BCUT2D eigenvalue weighted by atomic mass is 9.86. The summed E-state index contributed by atoms with van der Waals surface area (Å²) in [4.78, 5) is 24.6. The van der Waals surface area contributed by atoms with E-state index in [1.165, 1.54) is 0 Å². The minimum Gasteiger partial charge on any atom is -0.342 e. The highest BCUT2D eigenvalue weighted by Gasteiger charge is 2.34. The summed E-state index contributed by atoms with van der Waals surface area (Å²) in [6.45, 7) is 3.33. The number of carbonyl (C=O) groups is 2. The smallest absolute Gasteiger partial charge is 0.223 e. The monoisotopic (exact) mass is 221 g/mol. The van der Waals surface area contributed by atoms with Crippen LogP contribution in [0.25, 0.3) is 0 Å². The van der Waals surface area contributed by atoms with Crippen molar-refractivity contribution in [2.24, 2.45) is 11.8 Å². The van der Waals surface area contributed by atoms with Crippen LogP contribution < -0.4 is 0 Å². The molecule has 3 heteroatoms. The first kappa shape index (κ1) is 11.4. The largest absolute Gasteiger partial charge is 0.342 e. The van der Waals surface area contributed by atoms with Gasteiger partial charge < -0.3 is 9.69 Å². The summed E-state index contributed by atoms with van der Waals surface area (Å²) in [6, 6.07) is 0. The van der Waals surface area contributed by atoms with Gasteiger partial charge in [0.05, 0.1) is 0 Å². The van der Waals surface area contributed by atoms with Gasteiger partial charge in [-0.05, 0) is 31.6 Å². The first-order valence-electron chi connectivity index (χ1n) is 6.09. The fourth-order valence-electron chi connectivity index (χ4n) is 2.66. The van der Waals surface area contributed by atoms with E-state index < -0.39 is 0 Å². The highest BCUT2D eigenvalue weighted by molar-refractivity contribution is 5.83. The fraction of sp³-hybridized carbons (Fsp3) is 0.692. The summed E-state index contributed by atoms with van der Waals surface area (Å²) < 4.78 is 0. The van der Waals surface area contributed by atoms with Crippen molar-refractivity contribution < 1.29 is 9.59 Å². The van der Waals surface area contributed by atoms with Crippen LogP contribution in [0, 0.1) is 11.8 Å². The summed E-state index contributed by atoms with van der Waals surface area (Å²) in [7, 11) is 0. The maximum atomic E-state index is 11.8. The maximum absolute atomic E-state index is 11.8. The van der Waals surface area contributed by atoms with Crippen molar-refractivity contribution in [2.75, 3.05) is 13.1 Å². The summed E-state index contributed by atoms with van der Waals surface area (Å²) in [5.41, 5.74) is 0.